The zero-order chi connectivity index (χ0) is 15.3. The molecule has 2 aliphatic rings. The van der Waals surface area contributed by atoms with Crippen molar-refractivity contribution in [3.8, 4) is 0 Å². The van der Waals surface area contributed by atoms with Gasteiger partial charge in [0.1, 0.15) is 0 Å². The second-order valence-corrected chi connectivity index (χ2v) is 6.66. The first-order valence-electron chi connectivity index (χ1n) is 6.88. The third-order valence-electron chi connectivity index (χ3n) is 5.13. The Morgan fingerprint density at radius 2 is 1.50 bits per heavy atom. The predicted molar refractivity (Wildman–Crippen MR) is 72.7 cm³/mol. The molecule has 1 N–H and O–H groups in total. The molecule has 1 aliphatic heterocycles. The minimum absolute atomic E-state index is 0.233. The van der Waals surface area contributed by atoms with E-state index in [0.717, 1.165) is 0 Å². The highest BCUT2D eigenvalue weighted by molar-refractivity contribution is 6.06. The summed E-state index contributed by atoms with van der Waals surface area (Å²) in [5.74, 6) is -2.13. The van der Waals surface area contributed by atoms with Crippen LogP contribution in [0.25, 0.3) is 0 Å². The van der Waals surface area contributed by atoms with Crippen molar-refractivity contribution >= 4 is 17.8 Å². The van der Waals surface area contributed by atoms with Crippen LogP contribution in [0.1, 0.15) is 40.5 Å². The first kappa shape index (κ1) is 14.8. The molecule has 0 bridgehead atoms. The summed E-state index contributed by atoms with van der Waals surface area (Å²) in [6, 6.07) is 0. The lowest BCUT2D eigenvalue weighted by molar-refractivity contribution is -0.163. The van der Waals surface area contributed by atoms with E-state index in [-0.39, 0.29) is 23.7 Å². The maximum Gasteiger partial charge on any atom is 0.311 e. The molecule has 0 aromatic carbocycles. The molecule has 0 aromatic heterocycles. The van der Waals surface area contributed by atoms with Crippen LogP contribution in [0.15, 0.2) is 12.2 Å². The quantitative estimate of drug-likeness (QED) is 0.631. The van der Waals surface area contributed by atoms with Crippen molar-refractivity contribution in [1.29, 1.82) is 0 Å². The first-order valence-corrected chi connectivity index (χ1v) is 6.88. The number of hydrogen-bond acceptors (Lipinski definition) is 3. The third-order valence-corrected chi connectivity index (χ3v) is 5.13. The average Bonchev–Trinajstić information content (AvgIpc) is 2.62. The van der Waals surface area contributed by atoms with Gasteiger partial charge in [-0.05, 0) is 40.5 Å². The zero-order valence-corrected chi connectivity index (χ0v) is 12.3. The minimum Gasteiger partial charge on any atom is -0.481 e. The molecule has 0 radical (unpaired) electrons. The topological polar surface area (TPSA) is 74.7 Å². The van der Waals surface area contributed by atoms with Crippen LogP contribution in [0.2, 0.25) is 0 Å². The van der Waals surface area contributed by atoms with Crippen LogP contribution >= 0.6 is 0 Å². The summed E-state index contributed by atoms with van der Waals surface area (Å²) in [6.45, 7) is 6.41. The number of rotatable bonds is 3. The Labute approximate surface area is 118 Å². The molecule has 2 amide bonds. The lowest BCUT2D eigenvalue weighted by atomic mass is 9.73. The second kappa shape index (κ2) is 4.43. The van der Waals surface area contributed by atoms with Crippen LogP contribution in [0, 0.1) is 17.3 Å². The number of aliphatic carboxylic acids is 1. The van der Waals surface area contributed by atoms with Gasteiger partial charge in [0, 0.05) is 0 Å². The van der Waals surface area contributed by atoms with Crippen molar-refractivity contribution in [3.05, 3.63) is 12.2 Å². The van der Waals surface area contributed by atoms with Gasteiger partial charge in [-0.1, -0.05) is 12.2 Å². The zero-order valence-electron chi connectivity index (χ0n) is 12.3. The highest BCUT2D eigenvalue weighted by Gasteiger charge is 2.58. The van der Waals surface area contributed by atoms with Crippen LogP contribution in [-0.2, 0) is 14.4 Å². The Kier molecular flexibility index (Phi) is 3.27. The second-order valence-electron chi connectivity index (χ2n) is 6.66. The van der Waals surface area contributed by atoms with Crippen molar-refractivity contribution in [2.75, 3.05) is 0 Å². The van der Waals surface area contributed by atoms with Gasteiger partial charge >= 0.3 is 5.97 Å². The molecule has 1 aliphatic carbocycles. The lowest BCUT2D eigenvalue weighted by Crippen LogP contribution is -2.59. The van der Waals surface area contributed by atoms with Gasteiger partial charge in [-0.25, -0.2) is 0 Å². The summed E-state index contributed by atoms with van der Waals surface area (Å²) in [4.78, 5) is 37.8. The maximum absolute atomic E-state index is 12.5. The van der Waals surface area contributed by atoms with Gasteiger partial charge in [-0.15, -0.1) is 0 Å². The highest BCUT2D eigenvalue weighted by Crippen LogP contribution is 2.44. The smallest absolute Gasteiger partial charge is 0.311 e. The Hall–Kier alpha value is -1.65. The van der Waals surface area contributed by atoms with Gasteiger partial charge in [0.15, 0.2) is 0 Å². The molecule has 1 fully saturated rings. The van der Waals surface area contributed by atoms with Crippen LogP contribution < -0.4 is 0 Å². The molecule has 20 heavy (non-hydrogen) atoms. The van der Waals surface area contributed by atoms with Crippen molar-refractivity contribution in [3.63, 3.8) is 0 Å². The van der Waals surface area contributed by atoms with E-state index in [9.17, 15) is 19.5 Å². The molecule has 0 aromatic rings. The number of allylic oxidation sites excluding steroid dienone is 2. The van der Waals surface area contributed by atoms with Gasteiger partial charge in [-0.3, -0.25) is 19.3 Å². The fourth-order valence-electron chi connectivity index (χ4n) is 2.89. The Bertz CT molecular complexity index is 478. The number of likely N-dealkylation sites (tertiary alicyclic amines) is 1. The highest BCUT2D eigenvalue weighted by atomic mass is 16.4. The van der Waals surface area contributed by atoms with Crippen molar-refractivity contribution in [2.24, 2.45) is 17.3 Å². The number of hydrogen-bond donors (Lipinski definition) is 1. The first-order chi connectivity index (χ1) is 9.12. The molecule has 110 valence electrons. The van der Waals surface area contributed by atoms with Crippen molar-refractivity contribution < 1.29 is 19.5 Å². The van der Waals surface area contributed by atoms with E-state index < -0.39 is 16.9 Å². The normalized spacial score (nSPS) is 26.9. The standard InChI is InChI=1S/C15H21NO4/c1-14(2,13(19)20)15(3,4)16-11(17)9-7-5-6-8-10(9)12(16)18/h5-6,9-10H,7-8H2,1-4H3,(H,19,20)/t9-,10+. The van der Waals surface area contributed by atoms with E-state index in [1.165, 1.54) is 4.90 Å². The number of nitrogens with zero attached hydrogens (tertiary/aromatic N) is 1. The lowest BCUT2D eigenvalue weighted by Gasteiger charge is -2.44. The Balaban J connectivity index is 2.41. The van der Waals surface area contributed by atoms with Crippen LogP contribution in [-0.4, -0.2) is 33.3 Å². The Morgan fingerprint density at radius 1 is 1.10 bits per heavy atom. The van der Waals surface area contributed by atoms with Gasteiger partial charge in [0.05, 0.1) is 22.8 Å². The fraction of sp³-hybridized carbons (Fsp3) is 0.667. The molecule has 1 heterocycles. The van der Waals surface area contributed by atoms with E-state index >= 15 is 0 Å². The van der Waals surface area contributed by atoms with Gasteiger partial charge in [0.25, 0.3) is 0 Å². The maximum atomic E-state index is 12.5. The molecule has 0 unspecified atom stereocenters. The fourth-order valence-corrected chi connectivity index (χ4v) is 2.89. The minimum atomic E-state index is -1.21. The number of carbonyl (C=O) groups excluding carboxylic acids is 2. The molecule has 2 rings (SSSR count). The number of imide groups is 1. The summed E-state index contributed by atoms with van der Waals surface area (Å²) in [7, 11) is 0. The molecular formula is C15H21NO4. The molecular weight excluding hydrogens is 258 g/mol. The van der Waals surface area contributed by atoms with Gasteiger partial charge < -0.3 is 5.11 Å². The number of carbonyl (C=O) groups is 3. The summed E-state index contributed by atoms with van der Waals surface area (Å²) < 4.78 is 0. The molecule has 0 spiro atoms. The van der Waals surface area contributed by atoms with Gasteiger partial charge in [-0.2, -0.15) is 0 Å². The average molecular weight is 279 g/mol. The molecule has 0 saturated carbocycles. The summed E-state index contributed by atoms with van der Waals surface area (Å²) in [5.41, 5.74) is -2.27. The molecule has 5 nitrogen and oxygen atoms in total. The monoisotopic (exact) mass is 279 g/mol. The van der Waals surface area contributed by atoms with Crippen LogP contribution in [0.3, 0.4) is 0 Å². The van der Waals surface area contributed by atoms with Crippen LogP contribution in [0.4, 0.5) is 0 Å². The van der Waals surface area contributed by atoms with E-state index in [1.807, 2.05) is 12.2 Å². The summed E-state index contributed by atoms with van der Waals surface area (Å²) in [6.07, 6.45) is 4.97. The number of fused-ring (bicyclic) bond motifs is 1. The number of amides is 2. The molecule has 1 saturated heterocycles. The molecule has 5 heteroatoms. The van der Waals surface area contributed by atoms with Crippen LogP contribution in [0.5, 0.6) is 0 Å². The largest absolute Gasteiger partial charge is 0.481 e. The third kappa shape index (κ3) is 1.79. The van der Waals surface area contributed by atoms with E-state index in [4.69, 9.17) is 0 Å². The predicted octanol–water partition coefficient (Wildman–Crippen LogP) is 1.83. The SMILES string of the molecule is CC(C)(C(=O)O)C(C)(C)N1C(=O)[C@H]2CC=CC[C@H]2C1=O. The summed E-state index contributed by atoms with van der Waals surface area (Å²) >= 11 is 0. The van der Waals surface area contributed by atoms with Crippen molar-refractivity contribution in [2.45, 2.75) is 46.1 Å². The van der Waals surface area contributed by atoms with Crippen molar-refractivity contribution in [1.82, 2.24) is 4.90 Å². The molecule has 2 atom stereocenters. The number of carboxylic acids is 1. The van der Waals surface area contributed by atoms with E-state index in [0.29, 0.717) is 12.8 Å². The number of carboxylic acid groups (broad SMARTS) is 1. The van der Waals surface area contributed by atoms with E-state index in [1.54, 1.807) is 27.7 Å². The van der Waals surface area contributed by atoms with Gasteiger partial charge in [0.2, 0.25) is 11.8 Å². The summed E-state index contributed by atoms with van der Waals surface area (Å²) in [5, 5.41) is 9.41. The Morgan fingerprint density at radius 3 is 1.85 bits per heavy atom. The van der Waals surface area contributed by atoms with E-state index in [2.05, 4.69) is 0 Å².